The number of aliphatic hydroxyl groups excluding tert-OH is 1. The van der Waals surface area contributed by atoms with Gasteiger partial charge in [-0.05, 0) is 43.0 Å². The van der Waals surface area contributed by atoms with E-state index in [0.717, 1.165) is 6.08 Å². The zero-order valence-corrected chi connectivity index (χ0v) is 12.3. The topological polar surface area (TPSA) is 124 Å². The predicted molar refractivity (Wildman–Crippen MR) is 79.7 cm³/mol. The Hall–Kier alpha value is -2.54. The molecule has 2 rings (SSSR count). The Kier molecular flexibility index (Phi) is 4.90. The zero-order chi connectivity index (χ0) is 17.0. The average molecular weight is 322 g/mol. The summed E-state index contributed by atoms with van der Waals surface area (Å²) >= 11 is 0. The van der Waals surface area contributed by atoms with E-state index in [-0.39, 0.29) is 24.3 Å². The first-order chi connectivity index (χ1) is 10.8. The molecule has 7 nitrogen and oxygen atoms in total. The second-order valence-corrected chi connectivity index (χ2v) is 5.55. The molecule has 1 aromatic rings. The van der Waals surface area contributed by atoms with Crippen LogP contribution < -0.4 is 0 Å². The van der Waals surface area contributed by atoms with Gasteiger partial charge in [0.05, 0.1) is 6.10 Å². The van der Waals surface area contributed by atoms with E-state index in [2.05, 4.69) is 0 Å². The summed E-state index contributed by atoms with van der Waals surface area (Å²) in [4.78, 5) is 23.3. The number of carboxylic acid groups (broad SMARTS) is 1. The van der Waals surface area contributed by atoms with Gasteiger partial charge >= 0.3 is 11.9 Å². The number of phenolic OH excluding ortho intramolecular Hbond substituents is 2. The summed E-state index contributed by atoms with van der Waals surface area (Å²) in [5.41, 5.74) is -1.28. The normalized spacial score (nSPS) is 24.5. The first kappa shape index (κ1) is 16.8. The van der Waals surface area contributed by atoms with Crippen LogP contribution in [0.1, 0.15) is 31.2 Å². The van der Waals surface area contributed by atoms with Crippen LogP contribution in [0.5, 0.6) is 11.5 Å². The highest BCUT2D eigenvalue weighted by Crippen LogP contribution is 2.32. The van der Waals surface area contributed by atoms with Crippen LogP contribution in [0.2, 0.25) is 0 Å². The Labute approximate surface area is 132 Å². The van der Waals surface area contributed by atoms with E-state index in [1.807, 2.05) is 0 Å². The lowest BCUT2D eigenvalue weighted by Gasteiger charge is -2.34. The minimum Gasteiger partial charge on any atom is -0.504 e. The summed E-state index contributed by atoms with van der Waals surface area (Å²) < 4.78 is 5.09. The van der Waals surface area contributed by atoms with Crippen molar-refractivity contribution in [1.82, 2.24) is 0 Å². The van der Waals surface area contributed by atoms with Gasteiger partial charge in [-0.15, -0.1) is 0 Å². The number of phenols is 2. The molecule has 0 amide bonds. The van der Waals surface area contributed by atoms with Gasteiger partial charge in [-0.2, -0.15) is 0 Å². The van der Waals surface area contributed by atoms with Gasteiger partial charge in [0.25, 0.3) is 0 Å². The standard InChI is InChI=1S/C16H18O7/c17-11-2-1-7-16(9-11,15(21)22)23-14(20)6-4-10-3-5-12(18)13(19)8-10/h3-6,8,11,17-19H,1-2,7,9H2,(H,21,22)/b6-4+/t11-,16-/m0/s1. The maximum absolute atomic E-state index is 11.9. The van der Waals surface area contributed by atoms with Crippen LogP contribution in [0, 0.1) is 0 Å². The Morgan fingerprint density at radius 3 is 2.61 bits per heavy atom. The maximum atomic E-state index is 11.9. The molecule has 1 aliphatic carbocycles. The molecule has 1 fully saturated rings. The van der Waals surface area contributed by atoms with E-state index in [4.69, 9.17) is 4.74 Å². The Bertz CT molecular complexity index is 637. The maximum Gasteiger partial charge on any atom is 0.348 e. The smallest absolute Gasteiger partial charge is 0.348 e. The fraction of sp³-hybridized carbons (Fsp3) is 0.375. The minimum atomic E-state index is -1.71. The van der Waals surface area contributed by atoms with Crippen molar-refractivity contribution in [2.45, 2.75) is 37.4 Å². The van der Waals surface area contributed by atoms with Gasteiger partial charge in [0.15, 0.2) is 11.5 Å². The predicted octanol–water partition coefficient (Wildman–Crippen LogP) is 1.41. The third-order valence-electron chi connectivity index (χ3n) is 3.78. The van der Waals surface area contributed by atoms with Crippen LogP contribution in [0.25, 0.3) is 6.08 Å². The Morgan fingerprint density at radius 2 is 2.00 bits per heavy atom. The van der Waals surface area contributed by atoms with Crippen molar-refractivity contribution in [2.75, 3.05) is 0 Å². The van der Waals surface area contributed by atoms with Crippen LogP contribution in [0.15, 0.2) is 24.3 Å². The van der Waals surface area contributed by atoms with Crippen LogP contribution in [0.4, 0.5) is 0 Å². The molecule has 0 bridgehead atoms. The number of ether oxygens (including phenoxy) is 1. The summed E-state index contributed by atoms with van der Waals surface area (Å²) in [7, 11) is 0. The number of aliphatic hydroxyl groups is 1. The third kappa shape index (κ3) is 4.01. The molecule has 4 N–H and O–H groups in total. The molecule has 0 saturated heterocycles. The molecular weight excluding hydrogens is 304 g/mol. The molecular formula is C16H18O7. The van der Waals surface area contributed by atoms with Gasteiger partial charge in [-0.25, -0.2) is 9.59 Å². The van der Waals surface area contributed by atoms with Crippen molar-refractivity contribution in [2.24, 2.45) is 0 Å². The molecule has 1 aromatic carbocycles. The second-order valence-electron chi connectivity index (χ2n) is 5.55. The van der Waals surface area contributed by atoms with Crippen LogP contribution in [-0.2, 0) is 14.3 Å². The van der Waals surface area contributed by atoms with Gasteiger partial charge in [0.1, 0.15) is 0 Å². The highest BCUT2D eigenvalue weighted by Gasteiger charge is 2.46. The van der Waals surface area contributed by atoms with E-state index < -0.39 is 23.6 Å². The van der Waals surface area contributed by atoms with Gasteiger partial charge in [0, 0.05) is 12.5 Å². The summed E-state index contributed by atoms with van der Waals surface area (Å²) in [6.07, 6.45) is 2.51. The van der Waals surface area contributed by atoms with Crippen molar-refractivity contribution in [1.29, 1.82) is 0 Å². The number of carboxylic acids is 1. The average Bonchev–Trinajstić information content (AvgIpc) is 2.48. The van der Waals surface area contributed by atoms with Gasteiger partial charge in [-0.1, -0.05) is 6.07 Å². The monoisotopic (exact) mass is 322 g/mol. The molecule has 23 heavy (non-hydrogen) atoms. The van der Waals surface area contributed by atoms with Crippen LogP contribution in [0.3, 0.4) is 0 Å². The van der Waals surface area contributed by atoms with E-state index >= 15 is 0 Å². The fourth-order valence-electron chi connectivity index (χ4n) is 2.57. The number of aliphatic carboxylic acids is 1. The van der Waals surface area contributed by atoms with Crippen LogP contribution >= 0.6 is 0 Å². The lowest BCUT2D eigenvalue weighted by atomic mass is 9.83. The molecule has 0 unspecified atom stereocenters. The highest BCUT2D eigenvalue weighted by atomic mass is 16.6. The molecule has 0 aliphatic heterocycles. The van der Waals surface area contributed by atoms with Crippen molar-refractivity contribution < 1.29 is 34.8 Å². The third-order valence-corrected chi connectivity index (χ3v) is 3.78. The van der Waals surface area contributed by atoms with Gasteiger partial charge in [-0.3, -0.25) is 0 Å². The lowest BCUT2D eigenvalue weighted by Crippen LogP contribution is -2.48. The number of hydrogen-bond acceptors (Lipinski definition) is 6. The fourth-order valence-corrected chi connectivity index (χ4v) is 2.57. The molecule has 2 atom stereocenters. The Morgan fingerprint density at radius 1 is 1.26 bits per heavy atom. The second kappa shape index (κ2) is 6.70. The molecule has 7 heteroatoms. The number of carbonyl (C=O) groups excluding carboxylic acids is 1. The quantitative estimate of drug-likeness (QED) is 0.375. The van der Waals surface area contributed by atoms with Crippen molar-refractivity contribution in [3.63, 3.8) is 0 Å². The number of aromatic hydroxyl groups is 2. The van der Waals surface area contributed by atoms with E-state index in [1.54, 1.807) is 0 Å². The SMILES string of the molecule is O=C(/C=C/c1ccc(O)c(O)c1)O[C@@]1(C(=O)O)CCC[C@H](O)C1. The molecule has 0 heterocycles. The van der Waals surface area contributed by atoms with Gasteiger partial charge < -0.3 is 25.2 Å². The van der Waals surface area contributed by atoms with E-state index in [1.165, 1.54) is 24.3 Å². The number of benzene rings is 1. The number of carbonyl (C=O) groups is 2. The first-order valence-corrected chi connectivity index (χ1v) is 7.17. The number of rotatable bonds is 4. The van der Waals surface area contributed by atoms with Crippen molar-refractivity contribution in [3.8, 4) is 11.5 Å². The van der Waals surface area contributed by atoms with Crippen molar-refractivity contribution >= 4 is 18.0 Å². The van der Waals surface area contributed by atoms with E-state index in [9.17, 15) is 30.0 Å². The molecule has 1 saturated carbocycles. The minimum absolute atomic E-state index is 0.137. The first-order valence-electron chi connectivity index (χ1n) is 7.17. The summed E-state index contributed by atoms with van der Waals surface area (Å²) in [5, 5.41) is 37.5. The zero-order valence-electron chi connectivity index (χ0n) is 12.3. The number of hydrogen-bond donors (Lipinski definition) is 4. The van der Waals surface area contributed by atoms with E-state index in [0.29, 0.717) is 18.4 Å². The Balaban J connectivity index is 2.08. The summed E-state index contributed by atoms with van der Waals surface area (Å²) in [5.74, 6) is -2.75. The molecule has 0 radical (unpaired) electrons. The molecule has 0 aromatic heterocycles. The van der Waals surface area contributed by atoms with Crippen molar-refractivity contribution in [3.05, 3.63) is 29.8 Å². The van der Waals surface area contributed by atoms with Gasteiger partial charge in [0.2, 0.25) is 5.60 Å². The highest BCUT2D eigenvalue weighted by molar-refractivity contribution is 5.90. The lowest BCUT2D eigenvalue weighted by molar-refractivity contribution is -0.183. The molecule has 124 valence electrons. The molecule has 0 spiro atoms. The van der Waals surface area contributed by atoms with Crippen LogP contribution in [-0.4, -0.2) is 44.1 Å². The summed E-state index contributed by atoms with van der Waals surface area (Å²) in [6, 6.07) is 3.98. The summed E-state index contributed by atoms with van der Waals surface area (Å²) in [6.45, 7) is 0. The molecule has 1 aliphatic rings. The number of esters is 1. The largest absolute Gasteiger partial charge is 0.504 e.